The van der Waals surface area contributed by atoms with Crippen molar-refractivity contribution in [2.24, 2.45) is 0 Å². The zero-order valence-electron chi connectivity index (χ0n) is 24.7. The molecule has 0 aromatic heterocycles. The molecule has 0 spiro atoms. The lowest BCUT2D eigenvalue weighted by molar-refractivity contribution is 1.05. The highest BCUT2D eigenvalue weighted by Gasteiger charge is 2.06. The van der Waals surface area contributed by atoms with Crippen molar-refractivity contribution in [3.05, 3.63) is 186 Å². The number of nitrogens with zero attached hydrogens (tertiary/aromatic N) is 1. The second-order valence-corrected chi connectivity index (χ2v) is 10.9. The van der Waals surface area contributed by atoms with Gasteiger partial charge in [-0.25, -0.2) is 0 Å². The van der Waals surface area contributed by atoms with Crippen molar-refractivity contribution in [3.63, 3.8) is 0 Å². The van der Waals surface area contributed by atoms with Gasteiger partial charge in [0.05, 0.1) is 0 Å². The second-order valence-electron chi connectivity index (χ2n) is 9.72. The van der Waals surface area contributed by atoms with Gasteiger partial charge in [0.1, 0.15) is 0 Å². The summed E-state index contributed by atoms with van der Waals surface area (Å²) in [7, 11) is 2.11. The molecule has 0 N–H and O–H groups in total. The molecule has 1 aliphatic rings. The van der Waals surface area contributed by atoms with Crippen molar-refractivity contribution in [1.29, 1.82) is 0 Å². The van der Waals surface area contributed by atoms with Crippen LogP contribution in [0.15, 0.2) is 179 Å². The highest BCUT2D eigenvalue weighted by atomic mass is 32.2. The van der Waals surface area contributed by atoms with Crippen LogP contribution in [0.2, 0.25) is 0 Å². The van der Waals surface area contributed by atoms with Gasteiger partial charge in [-0.3, -0.25) is 0 Å². The molecule has 41 heavy (non-hydrogen) atoms. The van der Waals surface area contributed by atoms with Gasteiger partial charge < -0.3 is 4.90 Å². The Bertz CT molecular complexity index is 1390. The molecule has 5 aromatic rings. The summed E-state index contributed by atoms with van der Waals surface area (Å²) in [4.78, 5) is 4.80. The highest BCUT2D eigenvalue weighted by Crippen LogP contribution is 2.27. The van der Waals surface area contributed by atoms with Crippen LogP contribution in [0.5, 0.6) is 0 Å². The molecule has 0 fully saturated rings. The molecular formula is C39H41NS. The van der Waals surface area contributed by atoms with E-state index in [4.69, 9.17) is 0 Å². The molecule has 1 aliphatic carbocycles. The number of hydrogen-bond donors (Lipinski definition) is 0. The van der Waals surface area contributed by atoms with Crippen molar-refractivity contribution in [1.82, 2.24) is 0 Å². The Morgan fingerprint density at radius 2 is 0.902 bits per heavy atom. The van der Waals surface area contributed by atoms with Gasteiger partial charge in [-0.2, -0.15) is 0 Å². The summed E-state index contributed by atoms with van der Waals surface area (Å²) >= 11 is 1.80. The Hall–Kier alpha value is -4.27. The zero-order valence-corrected chi connectivity index (χ0v) is 25.5. The summed E-state index contributed by atoms with van der Waals surface area (Å²) in [5, 5.41) is 0. The Labute approximate surface area is 251 Å². The van der Waals surface area contributed by atoms with E-state index in [-0.39, 0.29) is 0 Å². The largest absolute Gasteiger partial charge is 0.348 e. The van der Waals surface area contributed by atoms with Crippen molar-refractivity contribution in [2.75, 3.05) is 11.9 Å². The zero-order chi connectivity index (χ0) is 29.1. The third-order valence-corrected chi connectivity index (χ3v) is 7.22. The number of hydrogen-bond acceptors (Lipinski definition) is 2. The van der Waals surface area contributed by atoms with E-state index >= 15 is 0 Å². The van der Waals surface area contributed by atoms with Crippen LogP contribution in [-0.4, -0.2) is 7.05 Å². The van der Waals surface area contributed by atoms with Gasteiger partial charge in [-0.1, -0.05) is 150 Å². The molecule has 0 saturated heterocycles. The van der Waals surface area contributed by atoms with E-state index in [0.29, 0.717) is 0 Å². The van der Waals surface area contributed by atoms with Crippen LogP contribution >= 0.6 is 11.8 Å². The molecule has 2 heteroatoms. The highest BCUT2D eigenvalue weighted by molar-refractivity contribution is 7.99. The van der Waals surface area contributed by atoms with E-state index in [9.17, 15) is 0 Å². The number of rotatable bonds is 4. The summed E-state index contributed by atoms with van der Waals surface area (Å²) in [6, 6.07) is 50.0. The first kappa shape index (κ1) is 31.3. The molecule has 0 radical (unpaired) electrons. The van der Waals surface area contributed by atoms with Crippen molar-refractivity contribution in [2.45, 2.75) is 37.0 Å². The minimum absolute atomic E-state index is 1.05. The average Bonchev–Trinajstić information content (AvgIpc) is 3.56. The van der Waals surface area contributed by atoms with E-state index in [0.717, 1.165) is 6.42 Å². The fourth-order valence-electron chi connectivity index (χ4n) is 3.80. The van der Waals surface area contributed by atoms with Gasteiger partial charge >= 0.3 is 0 Å². The molecule has 208 valence electrons. The lowest BCUT2D eigenvalue weighted by Gasteiger charge is -2.20. The van der Waals surface area contributed by atoms with Crippen LogP contribution in [-0.2, 0) is 0 Å². The fraction of sp³-hybridized carbons (Fsp3) is 0.128. The van der Waals surface area contributed by atoms with Crippen LogP contribution in [0, 0.1) is 20.8 Å². The topological polar surface area (TPSA) is 3.24 Å². The predicted molar refractivity (Wildman–Crippen MR) is 181 cm³/mol. The maximum atomic E-state index is 2.22. The number of allylic oxidation sites excluding steroid dienone is 3. The van der Waals surface area contributed by atoms with Crippen LogP contribution in [0.4, 0.5) is 5.69 Å². The van der Waals surface area contributed by atoms with E-state index in [1.807, 2.05) is 48.5 Å². The SMILES string of the molecule is CN(C1=CC=CC1)c1ccccc1.Cc1ccc(Sc2ccccc2)cc1.Cc1ccccc1.Cc1ccccc1. The summed E-state index contributed by atoms with van der Waals surface area (Å²) in [5.74, 6) is 0. The summed E-state index contributed by atoms with van der Waals surface area (Å²) in [6.07, 6.45) is 7.49. The van der Waals surface area contributed by atoms with Crippen LogP contribution < -0.4 is 4.90 Å². The van der Waals surface area contributed by atoms with Crippen molar-refractivity contribution in [3.8, 4) is 0 Å². The van der Waals surface area contributed by atoms with Crippen LogP contribution in [0.1, 0.15) is 23.1 Å². The standard InChI is InChI=1S/C13H12S.C12H13N.2C7H8/c1-11-7-9-13(10-8-11)14-12-5-3-2-4-6-12;1-13(12-9-5-6-10-12)11-7-3-2-4-8-11;2*1-7-5-3-2-4-6-7/h2-10H,1H3;2-9H,10H2,1H3;2*2-6H,1H3. The molecule has 0 aliphatic heterocycles. The molecule has 0 bridgehead atoms. The van der Waals surface area contributed by atoms with Crippen LogP contribution in [0.25, 0.3) is 0 Å². The molecule has 0 unspecified atom stereocenters. The Morgan fingerprint density at radius 3 is 1.32 bits per heavy atom. The normalized spacial score (nSPS) is 11.0. The second kappa shape index (κ2) is 18.1. The minimum atomic E-state index is 1.05. The van der Waals surface area contributed by atoms with Gasteiger partial charge in [-0.05, 0) is 63.2 Å². The van der Waals surface area contributed by atoms with Gasteiger partial charge in [-0.15, -0.1) is 0 Å². The van der Waals surface area contributed by atoms with E-state index in [1.165, 1.54) is 37.9 Å². The molecule has 0 amide bonds. The monoisotopic (exact) mass is 555 g/mol. The first-order valence-corrected chi connectivity index (χ1v) is 14.8. The van der Waals surface area contributed by atoms with Crippen molar-refractivity contribution < 1.29 is 0 Å². The maximum absolute atomic E-state index is 2.22. The number of para-hydroxylation sites is 1. The molecule has 6 rings (SSSR count). The smallest absolute Gasteiger partial charge is 0.0405 e. The first-order chi connectivity index (χ1) is 20.0. The number of anilines is 1. The van der Waals surface area contributed by atoms with Gasteiger partial charge in [0, 0.05) is 34.6 Å². The van der Waals surface area contributed by atoms with E-state index < -0.39 is 0 Å². The molecule has 0 saturated carbocycles. The van der Waals surface area contributed by atoms with Crippen molar-refractivity contribution >= 4 is 17.4 Å². The van der Waals surface area contributed by atoms with Gasteiger partial charge in [0.25, 0.3) is 0 Å². The molecular weight excluding hydrogens is 515 g/mol. The summed E-state index contributed by atoms with van der Waals surface area (Å²) in [6.45, 7) is 6.27. The van der Waals surface area contributed by atoms with E-state index in [2.05, 4.69) is 148 Å². The third-order valence-electron chi connectivity index (χ3n) is 6.21. The Balaban J connectivity index is 0.000000158. The predicted octanol–water partition coefficient (Wildman–Crippen LogP) is 11.1. The number of aryl methyl sites for hydroxylation is 3. The lowest BCUT2D eigenvalue weighted by Crippen LogP contribution is -2.14. The number of benzene rings is 5. The Kier molecular flexibility index (Phi) is 13.8. The van der Waals surface area contributed by atoms with E-state index in [1.54, 1.807) is 11.8 Å². The van der Waals surface area contributed by atoms with Gasteiger partial charge in [0.15, 0.2) is 0 Å². The van der Waals surface area contributed by atoms with Crippen LogP contribution in [0.3, 0.4) is 0 Å². The quantitative estimate of drug-likeness (QED) is 0.217. The lowest BCUT2D eigenvalue weighted by atomic mass is 10.2. The third kappa shape index (κ3) is 12.6. The maximum Gasteiger partial charge on any atom is 0.0405 e. The van der Waals surface area contributed by atoms with Gasteiger partial charge in [0.2, 0.25) is 0 Å². The summed E-state index contributed by atoms with van der Waals surface area (Å²) < 4.78 is 0. The average molecular weight is 556 g/mol. The molecule has 1 nitrogen and oxygen atoms in total. The molecule has 5 aromatic carbocycles. The minimum Gasteiger partial charge on any atom is -0.348 e. The Morgan fingerprint density at radius 1 is 0.488 bits per heavy atom. The summed E-state index contributed by atoms with van der Waals surface area (Å²) in [5.41, 5.74) is 6.55. The molecule has 0 atom stereocenters. The fourth-order valence-corrected chi connectivity index (χ4v) is 4.64. The molecule has 0 heterocycles. The first-order valence-electron chi connectivity index (χ1n) is 14.0.